The van der Waals surface area contributed by atoms with Gasteiger partial charge < -0.3 is 14.5 Å². The van der Waals surface area contributed by atoms with Gasteiger partial charge in [-0.1, -0.05) is 30.3 Å². The Bertz CT molecular complexity index is 1030. The van der Waals surface area contributed by atoms with Gasteiger partial charge in [0.2, 0.25) is 5.91 Å². The van der Waals surface area contributed by atoms with Crippen LogP contribution in [0.15, 0.2) is 48.5 Å². The van der Waals surface area contributed by atoms with Crippen LogP contribution in [0.4, 0.5) is 5.69 Å². The number of aryl methyl sites for hydroxylation is 1. The monoisotopic (exact) mass is 437 g/mol. The molecular formula is C24H27N3O5. The first-order valence-electron chi connectivity index (χ1n) is 10.9. The second kappa shape index (κ2) is 9.08. The molecule has 0 spiro atoms. The maximum absolute atomic E-state index is 13.5. The van der Waals surface area contributed by atoms with Gasteiger partial charge in [-0.25, -0.2) is 0 Å². The fourth-order valence-corrected chi connectivity index (χ4v) is 4.62. The van der Waals surface area contributed by atoms with Crippen molar-refractivity contribution in [3.8, 4) is 0 Å². The van der Waals surface area contributed by atoms with Gasteiger partial charge in [0, 0.05) is 30.3 Å². The van der Waals surface area contributed by atoms with Gasteiger partial charge in [-0.05, 0) is 44.4 Å². The summed E-state index contributed by atoms with van der Waals surface area (Å²) < 4.78 is 6.07. The van der Waals surface area contributed by atoms with Crippen LogP contribution >= 0.6 is 0 Å². The van der Waals surface area contributed by atoms with Crippen molar-refractivity contribution in [1.82, 2.24) is 9.80 Å². The van der Waals surface area contributed by atoms with Crippen LogP contribution in [-0.2, 0) is 9.53 Å². The van der Waals surface area contributed by atoms with E-state index in [-0.39, 0.29) is 29.7 Å². The summed E-state index contributed by atoms with van der Waals surface area (Å²) in [6.07, 6.45) is 1.04. The normalized spacial score (nSPS) is 23.2. The molecule has 2 aliphatic heterocycles. The second-order valence-corrected chi connectivity index (χ2v) is 8.50. The van der Waals surface area contributed by atoms with Crippen LogP contribution in [0, 0.1) is 17.0 Å². The van der Waals surface area contributed by atoms with Crippen LogP contribution in [0.5, 0.6) is 0 Å². The van der Waals surface area contributed by atoms with Gasteiger partial charge in [0.25, 0.3) is 11.6 Å². The lowest BCUT2D eigenvalue weighted by Crippen LogP contribution is -2.53. The highest BCUT2D eigenvalue weighted by Crippen LogP contribution is 2.29. The van der Waals surface area contributed by atoms with E-state index in [1.165, 1.54) is 18.2 Å². The third kappa shape index (κ3) is 4.36. The largest absolute Gasteiger partial charge is 0.367 e. The molecule has 0 bridgehead atoms. The first kappa shape index (κ1) is 22.0. The van der Waals surface area contributed by atoms with E-state index in [9.17, 15) is 19.7 Å². The molecule has 3 unspecified atom stereocenters. The molecule has 0 radical (unpaired) electrons. The number of nitrogens with zero attached hydrogens (tertiary/aromatic N) is 3. The number of likely N-dealkylation sites (tertiary alicyclic amines) is 1. The molecule has 0 N–H and O–H groups in total. The number of carbonyl (C=O) groups excluding carboxylic acids is 2. The Balaban J connectivity index is 1.51. The molecule has 32 heavy (non-hydrogen) atoms. The molecule has 8 nitrogen and oxygen atoms in total. The quantitative estimate of drug-likeness (QED) is 0.539. The van der Waals surface area contributed by atoms with E-state index in [0.717, 1.165) is 12.0 Å². The van der Waals surface area contributed by atoms with Crippen molar-refractivity contribution in [2.45, 2.75) is 44.9 Å². The Morgan fingerprint density at radius 3 is 2.56 bits per heavy atom. The van der Waals surface area contributed by atoms with Gasteiger partial charge in [-0.2, -0.15) is 0 Å². The Labute approximate surface area is 186 Å². The molecule has 2 saturated heterocycles. The lowest BCUT2D eigenvalue weighted by molar-refractivity contribution is -0.385. The predicted molar refractivity (Wildman–Crippen MR) is 118 cm³/mol. The summed E-state index contributed by atoms with van der Waals surface area (Å²) >= 11 is 0. The van der Waals surface area contributed by atoms with Crippen molar-refractivity contribution in [1.29, 1.82) is 0 Å². The van der Waals surface area contributed by atoms with Crippen molar-refractivity contribution < 1.29 is 19.2 Å². The summed E-state index contributed by atoms with van der Waals surface area (Å²) in [5, 5.41) is 11.1. The standard InChI is InChI=1S/C24H27N3O5/c1-16-13-19(10-11-20(16)27(30)31)23(28)26-12-6-9-21(26)24(29)25-14-17(2)32-22(15-25)18-7-4-3-5-8-18/h3-5,7-8,10-11,13,17,21-22H,6,9,12,14-15H2,1-2H3. The number of hydrogen-bond donors (Lipinski definition) is 0. The number of morpholine rings is 1. The first-order valence-corrected chi connectivity index (χ1v) is 10.9. The molecule has 0 aliphatic carbocycles. The maximum atomic E-state index is 13.5. The zero-order valence-electron chi connectivity index (χ0n) is 18.3. The van der Waals surface area contributed by atoms with Gasteiger partial charge >= 0.3 is 0 Å². The molecule has 3 atom stereocenters. The van der Waals surface area contributed by atoms with Crippen molar-refractivity contribution >= 4 is 17.5 Å². The molecule has 2 aromatic carbocycles. The highest BCUT2D eigenvalue weighted by molar-refractivity contribution is 5.98. The van der Waals surface area contributed by atoms with E-state index in [4.69, 9.17) is 4.74 Å². The van der Waals surface area contributed by atoms with E-state index in [0.29, 0.717) is 37.2 Å². The lowest BCUT2D eigenvalue weighted by Gasteiger charge is -2.39. The molecule has 168 valence electrons. The topological polar surface area (TPSA) is 93.0 Å². The van der Waals surface area contributed by atoms with Gasteiger partial charge in [0.1, 0.15) is 12.1 Å². The van der Waals surface area contributed by atoms with Gasteiger partial charge in [0.15, 0.2) is 0 Å². The Kier molecular flexibility index (Phi) is 6.23. The number of rotatable bonds is 4. The minimum Gasteiger partial charge on any atom is -0.367 e. The molecule has 8 heteroatoms. The van der Waals surface area contributed by atoms with Crippen LogP contribution < -0.4 is 0 Å². The van der Waals surface area contributed by atoms with Crippen LogP contribution in [0.25, 0.3) is 0 Å². The Morgan fingerprint density at radius 1 is 1.12 bits per heavy atom. The van der Waals surface area contributed by atoms with E-state index in [2.05, 4.69) is 0 Å². The fourth-order valence-electron chi connectivity index (χ4n) is 4.62. The number of carbonyl (C=O) groups is 2. The third-order valence-electron chi connectivity index (χ3n) is 6.18. The molecule has 2 aromatic rings. The number of ether oxygens (including phenoxy) is 1. The predicted octanol–water partition coefficient (Wildman–Crippen LogP) is 3.50. The average molecular weight is 437 g/mol. The fraction of sp³-hybridized carbons (Fsp3) is 0.417. The smallest absolute Gasteiger partial charge is 0.272 e. The lowest BCUT2D eigenvalue weighted by atomic mass is 10.0. The number of nitro benzene ring substituents is 1. The maximum Gasteiger partial charge on any atom is 0.272 e. The molecule has 0 aromatic heterocycles. The Hall–Kier alpha value is -3.26. The minimum atomic E-state index is -0.528. The first-order chi connectivity index (χ1) is 15.3. The SMILES string of the molecule is Cc1cc(C(=O)N2CCCC2C(=O)N2CC(C)OC(c3ccccc3)C2)ccc1[N+](=O)[O-]. The van der Waals surface area contributed by atoms with E-state index < -0.39 is 11.0 Å². The van der Waals surface area contributed by atoms with Gasteiger partial charge in [-0.15, -0.1) is 0 Å². The molecule has 0 saturated carbocycles. The molecule has 2 fully saturated rings. The van der Waals surface area contributed by atoms with Crippen molar-refractivity contribution in [3.63, 3.8) is 0 Å². The van der Waals surface area contributed by atoms with Crippen LogP contribution in [0.1, 0.15) is 47.4 Å². The number of benzene rings is 2. The van der Waals surface area contributed by atoms with E-state index in [1.54, 1.807) is 11.8 Å². The summed E-state index contributed by atoms with van der Waals surface area (Å²) in [6.45, 7) is 4.99. The van der Waals surface area contributed by atoms with Crippen molar-refractivity contribution in [2.75, 3.05) is 19.6 Å². The van der Waals surface area contributed by atoms with Crippen LogP contribution in [-0.4, -0.2) is 58.3 Å². The summed E-state index contributed by atoms with van der Waals surface area (Å²) in [5.41, 5.74) is 1.79. The van der Waals surface area contributed by atoms with Crippen LogP contribution in [0.2, 0.25) is 0 Å². The third-order valence-corrected chi connectivity index (χ3v) is 6.18. The summed E-state index contributed by atoms with van der Waals surface area (Å²) in [4.78, 5) is 40.7. The molecule has 2 heterocycles. The molecule has 2 aliphatic rings. The highest BCUT2D eigenvalue weighted by atomic mass is 16.6. The van der Waals surface area contributed by atoms with Crippen molar-refractivity contribution in [2.24, 2.45) is 0 Å². The molecule has 4 rings (SSSR count). The Morgan fingerprint density at radius 2 is 1.88 bits per heavy atom. The van der Waals surface area contributed by atoms with Crippen LogP contribution in [0.3, 0.4) is 0 Å². The van der Waals surface area contributed by atoms with Gasteiger partial charge in [0.05, 0.1) is 17.6 Å². The molecule has 2 amide bonds. The van der Waals surface area contributed by atoms with E-state index >= 15 is 0 Å². The van der Waals surface area contributed by atoms with Crippen molar-refractivity contribution in [3.05, 3.63) is 75.3 Å². The zero-order valence-corrected chi connectivity index (χ0v) is 18.3. The number of amides is 2. The van der Waals surface area contributed by atoms with E-state index in [1.807, 2.05) is 42.2 Å². The second-order valence-electron chi connectivity index (χ2n) is 8.50. The summed E-state index contributed by atoms with van der Waals surface area (Å²) in [7, 11) is 0. The average Bonchev–Trinajstić information content (AvgIpc) is 3.27. The minimum absolute atomic E-state index is 0.0233. The number of hydrogen-bond acceptors (Lipinski definition) is 5. The van der Waals surface area contributed by atoms with Gasteiger partial charge in [-0.3, -0.25) is 19.7 Å². The summed E-state index contributed by atoms with van der Waals surface area (Å²) in [5.74, 6) is -0.328. The summed E-state index contributed by atoms with van der Waals surface area (Å²) in [6, 6.07) is 13.7. The molecular weight excluding hydrogens is 410 g/mol. The number of nitro groups is 1. The highest BCUT2D eigenvalue weighted by Gasteiger charge is 2.39. The zero-order chi connectivity index (χ0) is 22.8.